The number of carbonyl (C=O) groups is 1. The molecular formula is C16H24N2O3. The van der Waals surface area contributed by atoms with E-state index in [0.29, 0.717) is 25.6 Å². The maximum Gasteiger partial charge on any atom is 0.234 e. The minimum absolute atomic E-state index is 0.0267. The Balaban J connectivity index is 1.88. The first kappa shape index (κ1) is 15.8. The van der Waals surface area contributed by atoms with Gasteiger partial charge in [-0.3, -0.25) is 4.79 Å². The van der Waals surface area contributed by atoms with Crippen molar-refractivity contribution in [3.05, 3.63) is 29.8 Å². The SMILES string of the molecule is COCCNCC(=O)NC(c1ccc(OC)cc1)C1CC1. The highest BCUT2D eigenvalue weighted by Gasteiger charge is 2.33. The van der Waals surface area contributed by atoms with Crippen LogP contribution < -0.4 is 15.4 Å². The lowest BCUT2D eigenvalue weighted by atomic mass is 10.0. The highest BCUT2D eigenvalue weighted by molar-refractivity contribution is 5.78. The number of hydrogen-bond donors (Lipinski definition) is 2. The molecule has 5 heteroatoms. The Morgan fingerprint density at radius 2 is 2.00 bits per heavy atom. The molecule has 1 aliphatic rings. The molecule has 1 aromatic carbocycles. The summed E-state index contributed by atoms with van der Waals surface area (Å²) in [5, 5.41) is 6.19. The van der Waals surface area contributed by atoms with Gasteiger partial charge in [0.05, 0.1) is 26.3 Å². The molecule has 0 radical (unpaired) electrons. The first-order valence-corrected chi connectivity index (χ1v) is 7.37. The number of methoxy groups -OCH3 is 2. The molecule has 1 saturated carbocycles. The van der Waals surface area contributed by atoms with Crippen molar-refractivity contribution < 1.29 is 14.3 Å². The van der Waals surface area contributed by atoms with Crippen LogP contribution in [0.2, 0.25) is 0 Å². The molecule has 2 N–H and O–H groups in total. The van der Waals surface area contributed by atoms with E-state index in [0.717, 1.165) is 11.3 Å². The Bertz CT molecular complexity index is 443. The predicted molar refractivity (Wildman–Crippen MR) is 81.3 cm³/mol. The summed E-state index contributed by atoms with van der Waals surface area (Å²) < 4.78 is 10.1. The molecule has 5 nitrogen and oxygen atoms in total. The highest BCUT2D eigenvalue weighted by atomic mass is 16.5. The van der Waals surface area contributed by atoms with E-state index >= 15 is 0 Å². The third-order valence-corrected chi connectivity index (χ3v) is 3.65. The van der Waals surface area contributed by atoms with E-state index in [-0.39, 0.29) is 11.9 Å². The number of hydrogen-bond acceptors (Lipinski definition) is 4. The van der Waals surface area contributed by atoms with Crippen LogP contribution in [0.5, 0.6) is 5.75 Å². The molecule has 0 bridgehead atoms. The minimum Gasteiger partial charge on any atom is -0.497 e. The summed E-state index contributed by atoms with van der Waals surface area (Å²) in [5.41, 5.74) is 1.14. The zero-order valence-electron chi connectivity index (χ0n) is 12.7. The Kier molecular flexibility index (Phi) is 6.02. The molecule has 0 saturated heterocycles. The van der Waals surface area contributed by atoms with Gasteiger partial charge in [-0.05, 0) is 36.5 Å². The van der Waals surface area contributed by atoms with Gasteiger partial charge in [-0.25, -0.2) is 0 Å². The van der Waals surface area contributed by atoms with Gasteiger partial charge in [0.1, 0.15) is 5.75 Å². The van der Waals surface area contributed by atoms with E-state index < -0.39 is 0 Å². The lowest BCUT2D eigenvalue weighted by Gasteiger charge is -2.19. The van der Waals surface area contributed by atoms with Crippen LogP contribution in [-0.2, 0) is 9.53 Å². The summed E-state index contributed by atoms with van der Waals surface area (Å²) in [6.07, 6.45) is 2.35. The van der Waals surface area contributed by atoms with Crippen molar-refractivity contribution in [2.45, 2.75) is 18.9 Å². The first-order chi connectivity index (χ1) is 10.2. The van der Waals surface area contributed by atoms with Gasteiger partial charge in [0, 0.05) is 13.7 Å². The molecule has 0 spiro atoms. The van der Waals surface area contributed by atoms with Crippen LogP contribution in [0.1, 0.15) is 24.4 Å². The molecule has 21 heavy (non-hydrogen) atoms. The van der Waals surface area contributed by atoms with Crippen LogP contribution >= 0.6 is 0 Å². The molecule has 0 aromatic heterocycles. The smallest absolute Gasteiger partial charge is 0.234 e. The van der Waals surface area contributed by atoms with Crippen molar-refractivity contribution >= 4 is 5.91 Å². The number of nitrogens with one attached hydrogen (secondary N) is 2. The fourth-order valence-electron chi connectivity index (χ4n) is 2.31. The minimum atomic E-state index is 0.0267. The van der Waals surface area contributed by atoms with Gasteiger partial charge >= 0.3 is 0 Å². The predicted octanol–water partition coefficient (Wildman–Crippen LogP) is 1.50. The topological polar surface area (TPSA) is 59.6 Å². The molecule has 1 fully saturated rings. The van der Waals surface area contributed by atoms with Crippen molar-refractivity contribution in [1.29, 1.82) is 0 Å². The van der Waals surface area contributed by atoms with Gasteiger partial charge in [-0.2, -0.15) is 0 Å². The molecule has 116 valence electrons. The Hall–Kier alpha value is -1.59. The number of carbonyl (C=O) groups excluding carboxylic acids is 1. The summed E-state index contributed by atoms with van der Waals surface area (Å²) >= 11 is 0. The largest absolute Gasteiger partial charge is 0.497 e. The molecule has 0 aliphatic heterocycles. The molecule has 1 amide bonds. The van der Waals surface area contributed by atoms with Crippen LogP contribution in [0.3, 0.4) is 0 Å². The zero-order valence-corrected chi connectivity index (χ0v) is 12.7. The van der Waals surface area contributed by atoms with Crippen molar-refractivity contribution in [2.24, 2.45) is 5.92 Å². The van der Waals surface area contributed by atoms with E-state index in [1.54, 1.807) is 14.2 Å². The number of rotatable bonds is 9. The quantitative estimate of drug-likeness (QED) is 0.677. The Labute approximate surface area is 126 Å². The molecule has 1 aromatic rings. The number of benzene rings is 1. The summed E-state index contributed by atoms with van der Waals surface area (Å²) in [6.45, 7) is 1.61. The van der Waals surface area contributed by atoms with Crippen LogP contribution in [0.15, 0.2) is 24.3 Å². The average Bonchev–Trinajstić information content (AvgIpc) is 3.34. The van der Waals surface area contributed by atoms with Crippen molar-refractivity contribution in [3.8, 4) is 5.75 Å². The van der Waals surface area contributed by atoms with Gasteiger partial charge in [0.25, 0.3) is 0 Å². The fourth-order valence-corrected chi connectivity index (χ4v) is 2.31. The third-order valence-electron chi connectivity index (χ3n) is 3.65. The molecule has 1 atom stereocenters. The van der Waals surface area contributed by atoms with Gasteiger partial charge in [0.2, 0.25) is 5.91 Å². The molecule has 0 heterocycles. The number of amides is 1. The molecular weight excluding hydrogens is 268 g/mol. The van der Waals surface area contributed by atoms with E-state index in [9.17, 15) is 4.79 Å². The number of ether oxygens (including phenoxy) is 2. The summed E-state index contributed by atoms with van der Waals surface area (Å²) in [7, 11) is 3.30. The second-order valence-corrected chi connectivity index (χ2v) is 5.33. The van der Waals surface area contributed by atoms with Crippen molar-refractivity contribution in [3.63, 3.8) is 0 Å². The van der Waals surface area contributed by atoms with Gasteiger partial charge in [-0.15, -0.1) is 0 Å². The van der Waals surface area contributed by atoms with E-state index in [2.05, 4.69) is 10.6 Å². The fraction of sp³-hybridized carbons (Fsp3) is 0.562. The van der Waals surface area contributed by atoms with Gasteiger partial charge < -0.3 is 20.1 Å². The summed E-state index contributed by atoms with van der Waals surface area (Å²) in [5.74, 6) is 1.42. The average molecular weight is 292 g/mol. The van der Waals surface area contributed by atoms with Crippen LogP contribution in [-0.4, -0.2) is 39.8 Å². The monoisotopic (exact) mass is 292 g/mol. The highest BCUT2D eigenvalue weighted by Crippen LogP contribution is 2.41. The maximum atomic E-state index is 12.0. The summed E-state index contributed by atoms with van der Waals surface area (Å²) in [4.78, 5) is 12.0. The van der Waals surface area contributed by atoms with Crippen LogP contribution in [0.4, 0.5) is 0 Å². The van der Waals surface area contributed by atoms with E-state index in [1.807, 2.05) is 24.3 Å². The third kappa shape index (κ3) is 5.02. The lowest BCUT2D eigenvalue weighted by molar-refractivity contribution is -0.121. The van der Waals surface area contributed by atoms with Crippen LogP contribution in [0.25, 0.3) is 0 Å². The van der Waals surface area contributed by atoms with Crippen LogP contribution in [0, 0.1) is 5.92 Å². The maximum absolute atomic E-state index is 12.0. The standard InChI is InChI=1S/C16H24N2O3/c1-20-10-9-17-11-15(19)18-16(12-3-4-12)13-5-7-14(21-2)8-6-13/h5-8,12,16-17H,3-4,9-11H2,1-2H3,(H,18,19). The summed E-state index contributed by atoms with van der Waals surface area (Å²) in [6, 6.07) is 8.04. The second-order valence-electron chi connectivity index (χ2n) is 5.33. The van der Waals surface area contributed by atoms with E-state index in [4.69, 9.17) is 9.47 Å². The molecule has 2 rings (SSSR count). The Morgan fingerprint density at radius 3 is 2.57 bits per heavy atom. The first-order valence-electron chi connectivity index (χ1n) is 7.37. The van der Waals surface area contributed by atoms with Gasteiger partial charge in [0.15, 0.2) is 0 Å². The van der Waals surface area contributed by atoms with E-state index in [1.165, 1.54) is 12.8 Å². The van der Waals surface area contributed by atoms with Crippen molar-refractivity contribution in [2.75, 3.05) is 33.9 Å². The lowest BCUT2D eigenvalue weighted by Crippen LogP contribution is -2.38. The molecule has 1 aliphatic carbocycles. The molecule has 1 unspecified atom stereocenters. The second kappa shape index (κ2) is 8.00. The normalized spacial score (nSPS) is 15.5. The van der Waals surface area contributed by atoms with Crippen molar-refractivity contribution in [1.82, 2.24) is 10.6 Å². The Morgan fingerprint density at radius 1 is 1.29 bits per heavy atom. The van der Waals surface area contributed by atoms with Gasteiger partial charge in [-0.1, -0.05) is 12.1 Å². The zero-order chi connectivity index (χ0) is 15.1.